The Morgan fingerprint density at radius 1 is 1.21 bits per heavy atom. The first-order valence-corrected chi connectivity index (χ1v) is 9.00. The molecule has 0 unspecified atom stereocenters. The Balaban J connectivity index is 1.57. The van der Waals surface area contributed by atoms with Gasteiger partial charge in [0.15, 0.2) is 5.69 Å². The summed E-state index contributed by atoms with van der Waals surface area (Å²) >= 11 is 0. The quantitative estimate of drug-likeness (QED) is 0.873. The minimum Gasteiger partial charge on any atom is -0.337 e. The molecule has 2 aliphatic heterocycles. The molecule has 0 saturated carbocycles. The summed E-state index contributed by atoms with van der Waals surface area (Å²) in [5, 5.41) is 5.88. The van der Waals surface area contributed by atoms with Gasteiger partial charge in [-0.3, -0.25) is 14.7 Å². The average Bonchev–Trinajstić information content (AvgIpc) is 3.34. The molecule has 2 saturated heterocycles. The Morgan fingerprint density at radius 2 is 2.00 bits per heavy atom. The zero-order valence-corrected chi connectivity index (χ0v) is 15.1. The molecule has 0 bridgehead atoms. The van der Waals surface area contributed by atoms with Crippen LogP contribution in [-0.2, 0) is 4.79 Å². The predicted octanol–water partition coefficient (Wildman–Crippen LogP) is 2.78. The number of amides is 2. The van der Waals surface area contributed by atoms with Crippen LogP contribution in [0.25, 0.3) is 0 Å². The number of carbonyl (C=O) groups excluding carboxylic acids is 2. The third-order valence-electron chi connectivity index (χ3n) is 5.60. The van der Waals surface area contributed by atoms with Crippen molar-refractivity contribution in [2.75, 3.05) is 19.6 Å². The number of aromatic amines is 1. The smallest absolute Gasteiger partial charge is 0.279 e. The van der Waals surface area contributed by atoms with Gasteiger partial charge in [0, 0.05) is 38.4 Å². The average molecular weight is 392 g/mol. The number of carbonyl (C=O) groups is 2. The van der Waals surface area contributed by atoms with Crippen LogP contribution < -0.4 is 0 Å². The molecule has 2 fully saturated rings. The monoisotopic (exact) mass is 392 g/mol. The molecule has 6 nitrogen and oxygen atoms in total. The molecule has 1 aromatic carbocycles. The van der Waals surface area contributed by atoms with Crippen LogP contribution in [0.15, 0.2) is 30.3 Å². The van der Waals surface area contributed by atoms with E-state index in [0.717, 1.165) is 6.07 Å². The molecule has 1 aromatic heterocycles. The number of nitrogens with one attached hydrogen (secondary N) is 1. The number of benzene rings is 1. The highest BCUT2D eigenvalue weighted by Crippen LogP contribution is 2.45. The van der Waals surface area contributed by atoms with Crippen LogP contribution in [-0.4, -0.2) is 51.4 Å². The first kappa shape index (κ1) is 18.5. The minimum absolute atomic E-state index is 0.0367. The van der Waals surface area contributed by atoms with Crippen LogP contribution in [0.1, 0.15) is 41.1 Å². The van der Waals surface area contributed by atoms with Gasteiger partial charge in [0.1, 0.15) is 11.5 Å². The van der Waals surface area contributed by atoms with Crippen molar-refractivity contribution in [2.24, 2.45) is 11.8 Å². The van der Waals surface area contributed by atoms with Crippen LogP contribution in [0.2, 0.25) is 0 Å². The Hall–Kier alpha value is -2.84. The molecule has 9 heteroatoms. The number of alkyl halides is 2. The number of aromatic nitrogens is 2. The van der Waals surface area contributed by atoms with Crippen molar-refractivity contribution in [3.63, 3.8) is 0 Å². The van der Waals surface area contributed by atoms with Crippen LogP contribution in [0.4, 0.5) is 13.2 Å². The normalized spacial score (nSPS) is 24.1. The highest BCUT2D eigenvalue weighted by molar-refractivity contribution is 5.92. The summed E-state index contributed by atoms with van der Waals surface area (Å²) in [4.78, 5) is 28.1. The number of halogens is 3. The molecule has 148 valence electrons. The zero-order valence-electron chi connectivity index (χ0n) is 15.1. The second-order valence-electron chi connectivity index (χ2n) is 7.31. The molecule has 0 radical (unpaired) electrons. The molecule has 4 rings (SSSR count). The number of H-pyrrole nitrogens is 1. The highest BCUT2D eigenvalue weighted by Gasteiger charge is 2.49. The maximum absolute atomic E-state index is 13.7. The molecule has 0 spiro atoms. The number of hydrogen-bond acceptors (Lipinski definition) is 3. The maximum Gasteiger partial charge on any atom is 0.279 e. The van der Waals surface area contributed by atoms with E-state index in [2.05, 4.69) is 10.2 Å². The Morgan fingerprint density at radius 3 is 2.64 bits per heavy atom. The summed E-state index contributed by atoms with van der Waals surface area (Å²) in [7, 11) is 0. The topological polar surface area (TPSA) is 69.3 Å². The summed E-state index contributed by atoms with van der Waals surface area (Å²) in [6, 6.07) is 6.87. The van der Waals surface area contributed by atoms with Gasteiger partial charge in [-0.1, -0.05) is 12.1 Å². The van der Waals surface area contributed by atoms with Gasteiger partial charge in [-0.05, 0) is 23.8 Å². The van der Waals surface area contributed by atoms with E-state index in [1.165, 1.54) is 19.1 Å². The molecule has 2 aliphatic rings. The van der Waals surface area contributed by atoms with E-state index in [4.69, 9.17) is 0 Å². The van der Waals surface area contributed by atoms with Crippen LogP contribution in [0.5, 0.6) is 0 Å². The lowest BCUT2D eigenvalue weighted by Crippen LogP contribution is -2.36. The largest absolute Gasteiger partial charge is 0.337 e. The molecular weight excluding hydrogens is 373 g/mol. The van der Waals surface area contributed by atoms with Gasteiger partial charge in [-0.25, -0.2) is 13.2 Å². The maximum atomic E-state index is 13.7. The third-order valence-corrected chi connectivity index (χ3v) is 5.60. The van der Waals surface area contributed by atoms with Gasteiger partial charge in [-0.2, -0.15) is 5.10 Å². The van der Waals surface area contributed by atoms with Crippen molar-refractivity contribution in [3.8, 4) is 0 Å². The van der Waals surface area contributed by atoms with Gasteiger partial charge < -0.3 is 9.80 Å². The number of likely N-dealkylation sites (tertiary alicyclic amines) is 2. The van der Waals surface area contributed by atoms with E-state index in [9.17, 15) is 22.8 Å². The lowest BCUT2D eigenvalue weighted by molar-refractivity contribution is -0.130. The molecule has 1 N–H and O–H groups in total. The molecule has 2 aromatic rings. The van der Waals surface area contributed by atoms with Crippen molar-refractivity contribution < 1.29 is 22.8 Å². The fraction of sp³-hybridized carbons (Fsp3) is 0.421. The molecule has 2 amide bonds. The lowest BCUT2D eigenvalue weighted by Gasteiger charge is -2.29. The minimum atomic E-state index is -2.73. The van der Waals surface area contributed by atoms with E-state index >= 15 is 0 Å². The first-order chi connectivity index (χ1) is 13.3. The van der Waals surface area contributed by atoms with Gasteiger partial charge in [0.05, 0.1) is 6.04 Å². The Bertz CT molecular complexity index is 916. The van der Waals surface area contributed by atoms with Gasteiger partial charge >= 0.3 is 0 Å². The first-order valence-electron chi connectivity index (χ1n) is 9.00. The van der Waals surface area contributed by atoms with Crippen molar-refractivity contribution in [2.45, 2.75) is 19.4 Å². The standard InChI is InChI=1S/C19H19F3N4O2/c1-10(27)26-8-12-7-25(19(28)16-6-15(18(21)22)23-24-16)9-14(12)17(26)11-3-2-4-13(20)5-11/h2-6,12,14,17-18H,7-9H2,1H3,(H,23,24)/t12-,14-,17+/m1/s1. The number of nitrogens with zero attached hydrogens (tertiary/aromatic N) is 3. The van der Waals surface area contributed by atoms with Crippen molar-refractivity contribution in [1.29, 1.82) is 0 Å². The van der Waals surface area contributed by atoms with E-state index in [1.807, 2.05) is 0 Å². The van der Waals surface area contributed by atoms with Crippen LogP contribution in [0, 0.1) is 17.7 Å². The van der Waals surface area contributed by atoms with Gasteiger partial charge in [-0.15, -0.1) is 0 Å². The molecule has 28 heavy (non-hydrogen) atoms. The summed E-state index contributed by atoms with van der Waals surface area (Å²) in [6.45, 7) is 2.70. The van der Waals surface area contributed by atoms with Crippen LogP contribution in [0.3, 0.4) is 0 Å². The fourth-order valence-electron chi connectivity index (χ4n) is 4.37. The summed E-state index contributed by atoms with van der Waals surface area (Å²) < 4.78 is 39.2. The molecule has 3 atom stereocenters. The van der Waals surface area contributed by atoms with Gasteiger partial charge in [0.2, 0.25) is 5.91 Å². The van der Waals surface area contributed by atoms with E-state index in [-0.39, 0.29) is 35.3 Å². The highest BCUT2D eigenvalue weighted by atomic mass is 19.3. The van der Waals surface area contributed by atoms with E-state index < -0.39 is 18.0 Å². The fourth-order valence-corrected chi connectivity index (χ4v) is 4.37. The molecule has 0 aliphatic carbocycles. The summed E-state index contributed by atoms with van der Waals surface area (Å²) in [5.41, 5.74) is 0.237. The summed E-state index contributed by atoms with van der Waals surface area (Å²) in [6.07, 6.45) is -2.73. The number of rotatable bonds is 3. The molecular formula is C19H19F3N4O2. The number of hydrogen-bond donors (Lipinski definition) is 1. The SMILES string of the molecule is CC(=O)N1C[C@H]2CN(C(=O)c3cc(C(F)F)[nH]n3)C[C@H]2[C@@H]1c1cccc(F)c1. The van der Waals surface area contributed by atoms with Crippen molar-refractivity contribution in [3.05, 3.63) is 53.1 Å². The predicted molar refractivity (Wildman–Crippen MR) is 93.0 cm³/mol. The Kier molecular flexibility index (Phi) is 4.60. The lowest BCUT2D eigenvalue weighted by atomic mass is 9.89. The Labute approximate surface area is 159 Å². The van der Waals surface area contributed by atoms with Crippen LogP contribution >= 0.6 is 0 Å². The summed E-state index contributed by atoms with van der Waals surface area (Å²) in [5.74, 6) is -0.926. The third kappa shape index (κ3) is 3.14. The second kappa shape index (κ2) is 6.96. The zero-order chi connectivity index (χ0) is 20.0. The van der Waals surface area contributed by atoms with Crippen molar-refractivity contribution in [1.82, 2.24) is 20.0 Å². The van der Waals surface area contributed by atoms with E-state index in [1.54, 1.807) is 21.9 Å². The van der Waals surface area contributed by atoms with Gasteiger partial charge in [0.25, 0.3) is 12.3 Å². The van der Waals surface area contributed by atoms with Crippen molar-refractivity contribution >= 4 is 11.8 Å². The number of fused-ring (bicyclic) bond motifs is 1. The second-order valence-corrected chi connectivity index (χ2v) is 7.31. The molecule has 3 heterocycles. The van der Waals surface area contributed by atoms with E-state index in [0.29, 0.717) is 25.2 Å².